The highest BCUT2D eigenvalue weighted by Gasteiger charge is 2.15. The van der Waals surface area contributed by atoms with Crippen LogP contribution in [0.4, 0.5) is 0 Å². The first kappa shape index (κ1) is 12.3. The number of carbonyl (C=O) groups is 1. The van der Waals surface area contributed by atoms with Crippen LogP contribution in [0, 0.1) is 0 Å². The highest BCUT2D eigenvalue weighted by Crippen LogP contribution is 2.30. The van der Waals surface area contributed by atoms with Crippen LogP contribution in [0.15, 0.2) is 28.9 Å². The molecule has 0 aliphatic rings. The van der Waals surface area contributed by atoms with E-state index < -0.39 is 5.97 Å². The number of esters is 1. The SMILES string of the molecule is CCOC(=O)c1cnc2c(Br)cccc2c1Cl. The second-order valence-electron chi connectivity index (χ2n) is 3.34. The predicted molar refractivity (Wildman–Crippen MR) is 70.4 cm³/mol. The third kappa shape index (κ3) is 2.28. The van der Waals surface area contributed by atoms with E-state index in [1.165, 1.54) is 6.20 Å². The lowest BCUT2D eigenvalue weighted by atomic mass is 10.1. The molecule has 2 aromatic rings. The minimum absolute atomic E-state index is 0.291. The molecule has 0 spiro atoms. The van der Waals surface area contributed by atoms with Gasteiger partial charge in [-0.2, -0.15) is 0 Å². The largest absolute Gasteiger partial charge is 0.462 e. The van der Waals surface area contributed by atoms with Crippen molar-refractivity contribution in [3.8, 4) is 0 Å². The number of hydrogen-bond acceptors (Lipinski definition) is 3. The van der Waals surface area contributed by atoms with Gasteiger partial charge in [0.2, 0.25) is 0 Å². The monoisotopic (exact) mass is 313 g/mol. The van der Waals surface area contributed by atoms with Gasteiger partial charge in [-0.1, -0.05) is 23.7 Å². The van der Waals surface area contributed by atoms with Crippen molar-refractivity contribution in [2.24, 2.45) is 0 Å². The summed E-state index contributed by atoms with van der Waals surface area (Å²) in [5, 5.41) is 1.10. The number of nitrogens with zero attached hydrogens (tertiary/aromatic N) is 1. The van der Waals surface area contributed by atoms with E-state index >= 15 is 0 Å². The number of pyridine rings is 1. The van der Waals surface area contributed by atoms with Gasteiger partial charge in [0.05, 0.1) is 22.7 Å². The fourth-order valence-electron chi connectivity index (χ4n) is 1.51. The molecule has 0 amide bonds. The number of halogens is 2. The summed E-state index contributed by atoms with van der Waals surface area (Å²) in [6.07, 6.45) is 1.44. The van der Waals surface area contributed by atoms with Gasteiger partial charge in [-0.05, 0) is 28.9 Å². The van der Waals surface area contributed by atoms with E-state index in [9.17, 15) is 4.79 Å². The predicted octanol–water partition coefficient (Wildman–Crippen LogP) is 3.83. The maximum absolute atomic E-state index is 11.6. The van der Waals surface area contributed by atoms with Gasteiger partial charge in [0.1, 0.15) is 0 Å². The average molecular weight is 315 g/mol. The number of carbonyl (C=O) groups excluding carboxylic acids is 1. The van der Waals surface area contributed by atoms with Gasteiger partial charge >= 0.3 is 5.97 Å². The lowest BCUT2D eigenvalue weighted by molar-refractivity contribution is 0.0526. The molecule has 5 heteroatoms. The Kier molecular flexibility index (Phi) is 3.64. The van der Waals surface area contributed by atoms with Crippen LogP contribution in [0.5, 0.6) is 0 Å². The Bertz CT molecular complexity index is 586. The molecule has 0 saturated carbocycles. The minimum atomic E-state index is -0.452. The Morgan fingerprint density at radius 1 is 1.53 bits per heavy atom. The molecule has 1 heterocycles. The van der Waals surface area contributed by atoms with E-state index in [0.29, 0.717) is 17.2 Å². The molecule has 0 saturated heterocycles. The standard InChI is InChI=1S/C12H9BrClNO2/c1-2-17-12(16)8-6-15-11-7(10(8)14)4-3-5-9(11)13/h3-6H,2H2,1H3. The number of rotatable bonds is 2. The highest BCUT2D eigenvalue weighted by molar-refractivity contribution is 9.10. The maximum Gasteiger partial charge on any atom is 0.341 e. The number of benzene rings is 1. The van der Waals surface area contributed by atoms with E-state index in [2.05, 4.69) is 20.9 Å². The van der Waals surface area contributed by atoms with E-state index in [1.807, 2.05) is 18.2 Å². The summed E-state index contributed by atoms with van der Waals surface area (Å²) in [6, 6.07) is 5.53. The van der Waals surface area contributed by atoms with Gasteiger partial charge in [-0.25, -0.2) is 4.79 Å². The maximum atomic E-state index is 11.6. The van der Waals surface area contributed by atoms with Crippen LogP contribution in [-0.4, -0.2) is 17.6 Å². The Labute approximate surface area is 112 Å². The van der Waals surface area contributed by atoms with Crippen molar-refractivity contribution in [2.75, 3.05) is 6.61 Å². The first-order valence-electron chi connectivity index (χ1n) is 5.05. The molecular weight excluding hydrogens is 305 g/mol. The number of para-hydroxylation sites is 1. The van der Waals surface area contributed by atoms with Crippen molar-refractivity contribution in [1.29, 1.82) is 0 Å². The average Bonchev–Trinajstić information content (AvgIpc) is 2.31. The molecule has 0 bridgehead atoms. The summed E-state index contributed by atoms with van der Waals surface area (Å²) < 4.78 is 5.75. The number of ether oxygens (including phenoxy) is 1. The minimum Gasteiger partial charge on any atom is -0.462 e. The molecule has 1 aromatic carbocycles. The zero-order valence-electron chi connectivity index (χ0n) is 9.04. The summed E-state index contributed by atoms with van der Waals surface area (Å²) in [4.78, 5) is 15.8. The Balaban J connectivity index is 2.62. The van der Waals surface area contributed by atoms with Crippen molar-refractivity contribution in [1.82, 2.24) is 4.98 Å². The van der Waals surface area contributed by atoms with Crippen LogP contribution in [0.1, 0.15) is 17.3 Å². The van der Waals surface area contributed by atoms with E-state index in [-0.39, 0.29) is 0 Å². The molecule has 0 fully saturated rings. The fraction of sp³-hybridized carbons (Fsp3) is 0.167. The summed E-state index contributed by atoms with van der Waals surface area (Å²) in [5.74, 6) is -0.452. The summed E-state index contributed by atoms with van der Waals surface area (Å²) in [5.41, 5.74) is 1.02. The molecular formula is C12H9BrClNO2. The molecule has 0 unspecified atom stereocenters. The Morgan fingerprint density at radius 3 is 3.00 bits per heavy atom. The summed E-state index contributed by atoms with van der Waals surface area (Å²) in [7, 11) is 0. The summed E-state index contributed by atoms with van der Waals surface area (Å²) >= 11 is 9.57. The molecule has 0 atom stereocenters. The third-order valence-corrected chi connectivity index (χ3v) is 3.32. The normalized spacial score (nSPS) is 10.5. The van der Waals surface area contributed by atoms with Crippen molar-refractivity contribution in [3.63, 3.8) is 0 Å². The van der Waals surface area contributed by atoms with Gasteiger partial charge in [-0.15, -0.1) is 0 Å². The highest BCUT2D eigenvalue weighted by atomic mass is 79.9. The van der Waals surface area contributed by atoms with Crippen LogP contribution in [-0.2, 0) is 4.74 Å². The van der Waals surface area contributed by atoms with Crippen molar-refractivity contribution in [3.05, 3.63) is 39.5 Å². The fourth-order valence-corrected chi connectivity index (χ4v) is 2.25. The molecule has 1 aromatic heterocycles. The van der Waals surface area contributed by atoms with Crippen molar-refractivity contribution < 1.29 is 9.53 Å². The smallest absolute Gasteiger partial charge is 0.341 e. The summed E-state index contributed by atoms with van der Waals surface area (Å²) in [6.45, 7) is 2.06. The lowest BCUT2D eigenvalue weighted by Gasteiger charge is -2.07. The molecule has 3 nitrogen and oxygen atoms in total. The van der Waals surface area contributed by atoms with E-state index in [0.717, 1.165) is 15.4 Å². The van der Waals surface area contributed by atoms with E-state index in [4.69, 9.17) is 16.3 Å². The van der Waals surface area contributed by atoms with Gasteiger partial charge < -0.3 is 4.74 Å². The number of fused-ring (bicyclic) bond motifs is 1. The van der Waals surface area contributed by atoms with Gasteiger partial charge in [-0.3, -0.25) is 4.98 Å². The first-order chi connectivity index (χ1) is 8.15. The number of hydrogen-bond donors (Lipinski definition) is 0. The number of aromatic nitrogens is 1. The zero-order chi connectivity index (χ0) is 12.4. The van der Waals surface area contributed by atoms with Crippen LogP contribution < -0.4 is 0 Å². The molecule has 88 valence electrons. The molecule has 0 radical (unpaired) electrons. The van der Waals surface area contributed by atoms with Crippen LogP contribution in [0.3, 0.4) is 0 Å². The van der Waals surface area contributed by atoms with E-state index in [1.54, 1.807) is 6.92 Å². The van der Waals surface area contributed by atoms with Crippen molar-refractivity contribution >= 4 is 44.4 Å². The topological polar surface area (TPSA) is 39.2 Å². The van der Waals surface area contributed by atoms with Crippen LogP contribution in [0.2, 0.25) is 5.02 Å². The second kappa shape index (κ2) is 5.02. The zero-order valence-corrected chi connectivity index (χ0v) is 11.4. The lowest BCUT2D eigenvalue weighted by Crippen LogP contribution is -2.06. The molecule has 0 aliphatic heterocycles. The van der Waals surface area contributed by atoms with Gasteiger partial charge in [0, 0.05) is 16.1 Å². The van der Waals surface area contributed by atoms with Crippen molar-refractivity contribution in [2.45, 2.75) is 6.92 Å². The molecule has 0 N–H and O–H groups in total. The molecule has 2 rings (SSSR count). The second-order valence-corrected chi connectivity index (χ2v) is 4.57. The Hall–Kier alpha value is -1.13. The van der Waals surface area contributed by atoms with Gasteiger partial charge in [0.15, 0.2) is 0 Å². The van der Waals surface area contributed by atoms with Crippen LogP contribution >= 0.6 is 27.5 Å². The van der Waals surface area contributed by atoms with Gasteiger partial charge in [0.25, 0.3) is 0 Å². The third-order valence-electron chi connectivity index (χ3n) is 2.28. The molecule has 17 heavy (non-hydrogen) atoms. The van der Waals surface area contributed by atoms with Crippen LogP contribution in [0.25, 0.3) is 10.9 Å². The molecule has 0 aliphatic carbocycles. The Morgan fingerprint density at radius 2 is 2.29 bits per heavy atom. The first-order valence-corrected chi connectivity index (χ1v) is 6.22. The quantitative estimate of drug-likeness (QED) is 0.791.